The number of hydrogen-bond donors (Lipinski definition) is 1. The second-order valence-corrected chi connectivity index (χ2v) is 14.8. The van der Waals surface area contributed by atoms with Crippen molar-refractivity contribution in [2.24, 2.45) is 28.7 Å². The zero-order chi connectivity index (χ0) is 24.5. The number of aliphatic imine (C=N–C) groups is 1. The number of halogens is 2. The Morgan fingerprint density at radius 1 is 0.971 bits per heavy atom. The minimum absolute atomic E-state index is 0.303. The minimum atomic E-state index is -0.826. The molecule has 6 heteroatoms. The van der Waals surface area contributed by atoms with Gasteiger partial charge in [-0.2, -0.15) is 0 Å². The maximum atomic E-state index is 11.4. The van der Waals surface area contributed by atoms with Gasteiger partial charge in [0.25, 0.3) is 0 Å². The van der Waals surface area contributed by atoms with E-state index in [4.69, 9.17) is 22.0 Å². The zero-order valence-electron chi connectivity index (χ0n) is 20.6. The van der Waals surface area contributed by atoms with Crippen LogP contribution in [0, 0.1) is 23.7 Å². The van der Waals surface area contributed by atoms with Crippen LogP contribution >= 0.6 is 17.0 Å². The summed E-state index contributed by atoms with van der Waals surface area (Å²) in [4.78, 5) is 7.26. The molecule has 34 heavy (non-hydrogen) atoms. The fraction of sp³-hybridized carbons (Fsp3) is 0.536. The van der Waals surface area contributed by atoms with Crippen molar-refractivity contribution in [3.8, 4) is 5.75 Å². The molecular weight excluding hydrogens is 542 g/mol. The third kappa shape index (κ3) is 5.45. The van der Waals surface area contributed by atoms with Gasteiger partial charge in [-0.05, 0) is 73.5 Å². The van der Waals surface area contributed by atoms with Crippen molar-refractivity contribution in [3.63, 3.8) is 0 Å². The van der Waals surface area contributed by atoms with Crippen molar-refractivity contribution >= 4 is 28.9 Å². The molecule has 0 aromatic heterocycles. The van der Waals surface area contributed by atoms with E-state index in [1.165, 1.54) is 37.7 Å². The number of anilines is 1. The maximum absolute atomic E-state index is 11.4. The topological polar surface area (TPSA) is 35.8 Å². The Morgan fingerprint density at radius 3 is 2.06 bits per heavy atom. The summed E-state index contributed by atoms with van der Waals surface area (Å²) in [7, 11) is 14.0. The summed E-state index contributed by atoms with van der Waals surface area (Å²) in [6, 6.07) is 15.1. The summed E-state index contributed by atoms with van der Waals surface area (Å²) in [5.41, 5.74) is 3.80. The molecule has 0 amide bonds. The van der Waals surface area contributed by atoms with Crippen LogP contribution in [-0.4, -0.2) is 31.5 Å². The molecule has 1 N–H and O–H groups in total. The molecule has 4 saturated carbocycles. The number of benzene rings is 2. The Morgan fingerprint density at radius 2 is 1.53 bits per heavy atom. The second kappa shape index (κ2) is 11.1. The summed E-state index contributed by atoms with van der Waals surface area (Å²) in [6.07, 6.45) is 8.92. The van der Waals surface area contributed by atoms with Gasteiger partial charge in [0.1, 0.15) is 5.75 Å². The van der Waals surface area contributed by atoms with Crippen LogP contribution in [0.3, 0.4) is 0 Å². The van der Waals surface area contributed by atoms with E-state index in [0.717, 1.165) is 40.5 Å². The fourth-order valence-corrected chi connectivity index (χ4v) is 6.79. The number of hydrogen-bond acceptors (Lipinski definition) is 3. The molecule has 4 bridgehead atoms. The van der Waals surface area contributed by atoms with Crippen molar-refractivity contribution in [3.05, 3.63) is 59.2 Å². The monoisotopic (exact) mass is 576 g/mol. The van der Waals surface area contributed by atoms with Crippen LogP contribution in [0.4, 0.5) is 5.69 Å². The van der Waals surface area contributed by atoms with Crippen LogP contribution in [0.2, 0.25) is 0 Å². The molecule has 3 nitrogen and oxygen atoms in total. The predicted octanol–water partition coefficient (Wildman–Crippen LogP) is 7.40. The van der Waals surface area contributed by atoms with Crippen molar-refractivity contribution in [1.29, 1.82) is 0 Å². The normalized spacial score (nSPS) is 27.4. The van der Waals surface area contributed by atoms with E-state index in [1.54, 1.807) is 0 Å². The van der Waals surface area contributed by atoms with Gasteiger partial charge in [-0.15, -0.1) is 0 Å². The number of nitrogens with zero attached hydrogens (tertiary/aromatic N) is 2. The number of aromatic hydroxyl groups is 1. The first-order chi connectivity index (χ1) is 16.2. The average molecular weight is 579 g/mol. The quantitative estimate of drug-likeness (QED) is 0.375. The van der Waals surface area contributed by atoms with E-state index in [0.29, 0.717) is 11.8 Å². The van der Waals surface area contributed by atoms with Gasteiger partial charge in [0.05, 0.1) is 6.04 Å². The average Bonchev–Trinajstić information content (AvgIpc) is 2.80. The molecule has 4 fully saturated rings. The summed E-state index contributed by atoms with van der Waals surface area (Å²) >= 11 is -0.826. The van der Waals surface area contributed by atoms with Crippen LogP contribution < -0.4 is 4.90 Å². The first-order valence-corrected chi connectivity index (χ1v) is 18.7. The molecule has 0 unspecified atom stereocenters. The Labute approximate surface area is 223 Å². The molecule has 0 aliphatic heterocycles. The Balaban J connectivity index is 0.000000868. The van der Waals surface area contributed by atoms with E-state index in [-0.39, 0.29) is 5.41 Å². The van der Waals surface area contributed by atoms with Gasteiger partial charge in [0.15, 0.2) is 0 Å². The molecule has 2 aromatic rings. The van der Waals surface area contributed by atoms with Crippen LogP contribution in [0.15, 0.2) is 47.5 Å². The molecule has 0 spiro atoms. The van der Waals surface area contributed by atoms with Crippen LogP contribution in [0.25, 0.3) is 0 Å². The SMILES string of the molecule is CN(C)c1cc(C=NC2C3CC4CC(C3)CC2C4)c(O)c(C(C)(C)c2ccccc2)c1.[Cl][Zr][Cl]. The van der Waals surface area contributed by atoms with Gasteiger partial charge < -0.3 is 10.0 Å². The van der Waals surface area contributed by atoms with E-state index in [1.807, 2.05) is 12.3 Å². The number of phenolic OH excluding ortho intramolecular Hbond substituents is 1. The van der Waals surface area contributed by atoms with E-state index in [9.17, 15) is 5.11 Å². The molecule has 0 heterocycles. The third-order valence-corrected chi connectivity index (χ3v) is 8.37. The molecule has 0 radical (unpaired) electrons. The summed E-state index contributed by atoms with van der Waals surface area (Å²) in [5.74, 6) is 3.79. The Bertz CT molecular complexity index is 981. The van der Waals surface area contributed by atoms with Gasteiger partial charge in [-0.25, -0.2) is 0 Å². The number of phenols is 1. The van der Waals surface area contributed by atoms with Crippen LogP contribution in [-0.2, 0) is 26.3 Å². The third-order valence-electron chi connectivity index (χ3n) is 8.37. The van der Waals surface area contributed by atoms with Crippen molar-refractivity contribution in [2.75, 3.05) is 19.0 Å². The standard InChI is InChI=1S/C28H36N2O.2ClH.Zr/c1-28(2,23-8-6-5-7-9-23)25-16-24(30(3)4)15-22(27(25)31)17-29-26-20-11-18-10-19(13-20)14-21(26)12-18;;;/h5-9,15-21,26,31H,10-14H2,1-4H3;2*1H;/q;;;+2/p-2. The Hall–Kier alpha value is -0.827. The van der Waals surface area contributed by atoms with Crippen LogP contribution in [0.1, 0.15) is 62.6 Å². The van der Waals surface area contributed by atoms with Crippen molar-refractivity contribution < 1.29 is 26.0 Å². The molecule has 0 saturated heterocycles. The molecule has 182 valence electrons. The first-order valence-electron chi connectivity index (χ1n) is 12.3. The van der Waals surface area contributed by atoms with Crippen LogP contribution in [0.5, 0.6) is 5.75 Å². The van der Waals surface area contributed by atoms with E-state index < -0.39 is 20.8 Å². The molecule has 4 aliphatic carbocycles. The fourth-order valence-electron chi connectivity index (χ4n) is 6.79. The number of rotatable bonds is 5. The Kier molecular flexibility index (Phi) is 8.53. The van der Waals surface area contributed by atoms with Crippen molar-refractivity contribution in [2.45, 2.75) is 57.4 Å². The summed E-state index contributed by atoms with van der Waals surface area (Å²) in [5, 5.41) is 11.4. The summed E-state index contributed by atoms with van der Waals surface area (Å²) < 4.78 is 0. The van der Waals surface area contributed by atoms with Gasteiger partial charge in [-0.3, -0.25) is 4.99 Å². The zero-order valence-corrected chi connectivity index (χ0v) is 24.6. The molecule has 4 aliphatic rings. The predicted molar refractivity (Wildman–Crippen MR) is 141 cm³/mol. The molecule has 0 atom stereocenters. The van der Waals surface area contributed by atoms with Crippen molar-refractivity contribution in [1.82, 2.24) is 0 Å². The van der Waals surface area contributed by atoms with Gasteiger partial charge in [0.2, 0.25) is 0 Å². The molecule has 2 aromatic carbocycles. The molecular formula is C28H36Cl2N2OZr. The van der Waals surface area contributed by atoms with Gasteiger partial charge >= 0.3 is 37.9 Å². The van der Waals surface area contributed by atoms with Gasteiger partial charge in [0, 0.05) is 42.5 Å². The molecule has 6 rings (SSSR count). The summed E-state index contributed by atoms with van der Waals surface area (Å²) in [6.45, 7) is 4.38. The van der Waals surface area contributed by atoms with Gasteiger partial charge in [-0.1, -0.05) is 44.2 Å². The van der Waals surface area contributed by atoms with E-state index in [2.05, 4.69) is 69.2 Å². The van der Waals surface area contributed by atoms with E-state index >= 15 is 0 Å². The first kappa shape index (κ1) is 26.2. The second-order valence-electron chi connectivity index (χ2n) is 11.1.